The van der Waals surface area contributed by atoms with E-state index in [9.17, 15) is 15.0 Å². The SMILES string of the molecule is COc1cc(C2Nc3ccc(C(=N)N)cc3C3c4ccccc4CC23)c(-c2ccc(C(=O)O)cc2OC)cc1O. The van der Waals surface area contributed by atoms with E-state index in [0.717, 1.165) is 23.2 Å². The fourth-order valence-corrected chi connectivity index (χ4v) is 6.32. The van der Waals surface area contributed by atoms with Gasteiger partial charge in [0.25, 0.3) is 0 Å². The first kappa shape index (κ1) is 25.3. The quantitative estimate of drug-likeness (QED) is 0.162. The fourth-order valence-electron chi connectivity index (χ4n) is 6.32. The Hall–Kier alpha value is -4.98. The third kappa shape index (κ3) is 4.00. The minimum Gasteiger partial charge on any atom is -0.504 e. The van der Waals surface area contributed by atoms with E-state index in [2.05, 4.69) is 29.6 Å². The van der Waals surface area contributed by atoms with Crippen LogP contribution in [-0.2, 0) is 6.42 Å². The predicted molar refractivity (Wildman–Crippen MR) is 153 cm³/mol. The summed E-state index contributed by atoms with van der Waals surface area (Å²) in [5.41, 5.74) is 13.5. The number of aromatic hydroxyl groups is 1. The highest BCUT2D eigenvalue weighted by molar-refractivity contribution is 5.96. The highest BCUT2D eigenvalue weighted by atomic mass is 16.5. The van der Waals surface area contributed by atoms with Gasteiger partial charge < -0.3 is 30.7 Å². The van der Waals surface area contributed by atoms with Crippen molar-refractivity contribution >= 4 is 17.5 Å². The standard InChI is InChI=1S/C32H29N3O5/c1-39-27-13-18(32(37)38)7-9-20(27)21-14-26(36)28(40-2)15-22(21)30-24-11-16-5-3-4-6-19(16)29(24)23-12-17(31(33)34)8-10-25(23)35-30/h3-10,12-15,24,29-30,35-36H,11H2,1-2H3,(H3,33,34)(H,37,38). The second kappa shape index (κ2) is 9.64. The van der Waals surface area contributed by atoms with Crippen LogP contribution in [0.4, 0.5) is 5.69 Å². The third-order valence-electron chi connectivity index (χ3n) is 8.14. The normalized spacial score (nSPS) is 18.6. The molecule has 0 radical (unpaired) electrons. The molecule has 202 valence electrons. The van der Waals surface area contributed by atoms with Crippen molar-refractivity contribution in [1.29, 1.82) is 5.41 Å². The van der Waals surface area contributed by atoms with Gasteiger partial charge >= 0.3 is 5.97 Å². The lowest BCUT2D eigenvalue weighted by Crippen LogP contribution is -2.31. The van der Waals surface area contributed by atoms with Gasteiger partial charge in [0.15, 0.2) is 11.5 Å². The molecule has 8 heteroatoms. The van der Waals surface area contributed by atoms with Gasteiger partial charge in [-0.1, -0.05) is 24.3 Å². The molecule has 4 aromatic rings. The average molecular weight is 536 g/mol. The Morgan fingerprint density at radius 3 is 2.38 bits per heavy atom. The number of methoxy groups -OCH3 is 2. The summed E-state index contributed by atoms with van der Waals surface area (Å²) < 4.78 is 11.2. The number of carbonyl (C=O) groups is 1. The number of nitrogens with one attached hydrogen (secondary N) is 2. The fraction of sp³-hybridized carbons (Fsp3) is 0.188. The van der Waals surface area contributed by atoms with Crippen LogP contribution in [0.15, 0.2) is 72.8 Å². The number of nitrogen functional groups attached to an aromatic ring is 1. The Kier molecular flexibility index (Phi) is 6.10. The number of fused-ring (bicyclic) bond motifs is 5. The maximum absolute atomic E-state index is 11.6. The van der Waals surface area contributed by atoms with E-state index < -0.39 is 5.97 Å². The number of carboxylic acids is 1. The van der Waals surface area contributed by atoms with E-state index in [4.69, 9.17) is 20.6 Å². The van der Waals surface area contributed by atoms with Crippen LogP contribution in [0, 0.1) is 11.3 Å². The average Bonchev–Trinajstić information content (AvgIpc) is 3.36. The van der Waals surface area contributed by atoms with Gasteiger partial charge in [0.2, 0.25) is 0 Å². The molecule has 1 aliphatic carbocycles. The lowest BCUT2D eigenvalue weighted by Gasteiger charge is -2.39. The van der Waals surface area contributed by atoms with Gasteiger partial charge in [-0.15, -0.1) is 0 Å². The summed E-state index contributed by atoms with van der Waals surface area (Å²) >= 11 is 0. The zero-order valence-electron chi connectivity index (χ0n) is 22.1. The van der Waals surface area contributed by atoms with E-state index >= 15 is 0 Å². The van der Waals surface area contributed by atoms with Gasteiger partial charge in [-0.2, -0.15) is 0 Å². The molecule has 0 saturated carbocycles. The molecule has 40 heavy (non-hydrogen) atoms. The molecule has 8 nitrogen and oxygen atoms in total. The van der Waals surface area contributed by atoms with Crippen molar-refractivity contribution in [3.63, 3.8) is 0 Å². The summed E-state index contributed by atoms with van der Waals surface area (Å²) in [5, 5.41) is 32.1. The smallest absolute Gasteiger partial charge is 0.335 e. The van der Waals surface area contributed by atoms with Gasteiger partial charge in [0.1, 0.15) is 11.6 Å². The molecule has 4 aromatic carbocycles. The molecule has 0 amide bonds. The van der Waals surface area contributed by atoms with Gasteiger partial charge in [0.05, 0.1) is 25.8 Å². The number of phenols is 1. The molecular formula is C32H29N3O5. The Morgan fingerprint density at radius 1 is 0.900 bits per heavy atom. The van der Waals surface area contributed by atoms with E-state index in [1.807, 2.05) is 24.3 Å². The van der Waals surface area contributed by atoms with Crippen LogP contribution in [0.3, 0.4) is 0 Å². The van der Waals surface area contributed by atoms with Crippen LogP contribution in [0.2, 0.25) is 0 Å². The van der Waals surface area contributed by atoms with Crippen LogP contribution >= 0.6 is 0 Å². The molecule has 0 spiro atoms. The summed E-state index contributed by atoms with van der Waals surface area (Å²) in [6, 6.07) is 22.3. The number of benzene rings is 4. The van der Waals surface area contributed by atoms with E-state index in [1.165, 1.54) is 37.5 Å². The zero-order valence-corrected chi connectivity index (χ0v) is 22.1. The van der Waals surface area contributed by atoms with E-state index in [-0.39, 0.29) is 35.0 Å². The molecule has 6 N–H and O–H groups in total. The maximum atomic E-state index is 11.6. The van der Waals surface area contributed by atoms with Crippen molar-refractivity contribution in [1.82, 2.24) is 0 Å². The van der Waals surface area contributed by atoms with Crippen LogP contribution < -0.4 is 20.5 Å². The minimum absolute atomic E-state index is 0.0233. The number of phenolic OH excluding ortho intramolecular Hbond substituents is 1. The first-order valence-corrected chi connectivity index (χ1v) is 13.0. The van der Waals surface area contributed by atoms with Gasteiger partial charge in [-0.3, -0.25) is 5.41 Å². The second-order valence-corrected chi connectivity index (χ2v) is 10.2. The van der Waals surface area contributed by atoms with Gasteiger partial charge in [-0.05, 0) is 88.7 Å². The summed E-state index contributed by atoms with van der Waals surface area (Å²) in [5.74, 6) is -0.171. The number of anilines is 1. The van der Waals surface area contributed by atoms with Crippen molar-refractivity contribution < 1.29 is 24.5 Å². The molecule has 0 aromatic heterocycles. The number of hydrogen-bond donors (Lipinski definition) is 5. The first-order valence-electron chi connectivity index (χ1n) is 13.0. The first-order chi connectivity index (χ1) is 19.3. The molecule has 3 unspecified atom stereocenters. The molecule has 0 saturated heterocycles. The van der Waals surface area contributed by atoms with Crippen LogP contribution in [0.25, 0.3) is 11.1 Å². The molecule has 1 heterocycles. The largest absolute Gasteiger partial charge is 0.504 e. The van der Waals surface area contributed by atoms with Crippen LogP contribution in [0.1, 0.15) is 50.1 Å². The van der Waals surface area contributed by atoms with E-state index in [1.54, 1.807) is 12.1 Å². The molecular weight excluding hydrogens is 506 g/mol. The highest BCUT2D eigenvalue weighted by Crippen LogP contribution is 2.56. The third-order valence-corrected chi connectivity index (χ3v) is 8.14. The molecule has 0 bridgehead atoms. The van der Waals surface area contributed by atoms with Crippen molar-refractivity contribution in [2.24, 2.45) is 11.7 Å². The molecule has 3 atom stereocenters. The number of rotatable bonds is 6. The number of carboxylic acid groups (broad SMARTS) is 1. The zero-order chi connectivity index (χ0) is 28.1. The second-order valence-electron chi connectivity index (χ2n) is 10.2. The lowest BCUT2D eigenvalue weighted by atomic mass is 9.74. The maximum Gasteiger partial charge on any atom is 0.335 e. The summed E-state index contributed by atoms with van der Waals surface area (Å²) in [4.78, 5) is 11.6. The number of nitrogens with two attached hydrogens (primary N) is 1. The van der Waals surface area contributed by atoms with Crippen molar-refractivity contribution in [3.05, 3.63) is 106 Å². The molecule has 0 fully saturated rings. The van der Waals surface area contributed by atoms with Crippen molar-refractivity contribution in [2.45, 2.75) is 18.4 Å². The topological polar surface area (TPSA) is 138 Å². The summed E-state index contributed by atoms with van der Waals surface area (Å²) in [6.45, 7) is 0. The monoisotopic (exact) mass is 535 g/mol. The molecule has 2 aliphatic rings. The van der Waals surface area contributed by atoms with E-state index in [0.29, 0.717) is 28.2 Å². The van der Waals surface area contributed by atoms with Crippen molar-refractivity contribution in [2.75, 3.05) is 19.5 Å². The number of amidine groups is 1. The number of aromatic carboxylic acids is 1. The summed E-state index contributed by atoms with van der Waals surface area (Å²) in [6.07, 6.45) is 0.819. The number of ether oxygens (including phenoxy) is 2. The summed E-state index contributed by atoms with van der Waals surface area (Å²) in [7, 11) is 3.01. The Morgan fingerprint density at radius 2 is 1.65 bits per heavy atom. The Bertz CT molecular complexity index is 1680. The minimum atomic E-state index is -1.05. The van der Waals surface area contributed by atoms with Crippen LogP contribution in [0.5, 0.6) is 17.2 Å². The number of hydrogen-bond acceptors (Lipinski definition) is 6. The lowest BCUT2D eigenvalue weighted by molar-refractivity contribution is 0.0696. The molecule has 1 aliphatic heterocycles. The molecule has 6 rings (SSSR count). The Balaban J connectivity index is 1.57. The van der Waals surface area contributed by atoms with Crippen molar-refractivity contribution in [3.8, 4) is 28.4 Å². The Labute approximate surface area is 231 Å². The van der Waals surface area contributed by atoms with Crippen LogP contribution in [-0.4, -0.2) is 36.2 Å². The highest BCUT2D eigenvalue weighted by Gasteiger charge is 2.44. The van der Waals surface area contributed by atoms with Gasteiger partial charge in [0, 0.05) is 22.7 Å². The predicted octanol–water partition coefficient (Wildman–Crippen LogP) is 5.53. The van der Waals surface area contributed by atoms with Gasteiger partial charge in [-0.25, -0.2) is 4.79 Å².